The molecule has 0 spiro atoms. The number of thiazole rings is 1. The Bertz CT molecular complexity index is 365. The van der Waals surface area contributed by atoms with E-state index in [1.165, 1.54) is 11.3 Å². The van der Waals surface area contributed by atoms with Crippen LogP contribution in [0.2, 0.25) is 0 Å². The predicted octanol–water partition coefficient (Wildman–Crippen LogP) is -0.105. The highest BCUT2D eigenvalue weighted by atomic mass is 32.1. The lowest BCUT2D eigenvalue weighted by Gasteiger charge is -2.26. The summed E-state index contributed by atoms with van der Waals surface area (Å²) in [5.74, 6) is 0. The Kier molecular flexibility index (Phi) is 3.56. The van der Waals surface area contributed by atoms with E-state index in [9.17, 15) is 4.79 Å². The van der Waals surface area contributed by atoms with Crippen molar-refractivity contribution in [2.24, 2.45) is 7.05 Å². The Labute approximate surface area is 93.5 Å². The Balaban J connectivity index is 1.87. The van der Waals surface area contributed by atoms with Crippen molar-refractivity contribution < 1.29 is 0 Å². The zero-order valence-corrected chi connectivity index (χ0v) is 9.85. The summed E-state index contributed by atoms with van der Waals surface area (Å²) in [6, 6.07) is 0. The number of nitrogens with one attached hydrogen (secondary N) is 1. The average molecular weight is 227 g/mol. The average Bonchev–Trinajstić information content (AvgIpc) is 2.59. The Morgan fingerprint density at radius 1 is 1.47 bits per heavy atom. The monoisotopic (exact) mass is 227 g/mol. The fourth-order valence-electron chi connectivity index (χ4n) is 1.83. The Morgan fingerprint density at radius 2 is 2.20 bits per heavy atom. The molecule has 0 amide bonds. The van der Waals surface area contributed by atoms with Gasteiger partial charge in [-0.2, -0.15) is 0 Å². The summed E-state index contributed by atoms with van der Waals surface area (Å²) in [5.41, 5.74) is 1.16. The smallest absolute Gasteiger partial charge is 0.307 e. The lowest BCUT2D eigenvalue weighted by molar-refractivity contribution is 0.242. The number of piperazine rings is 1. The second-order valence-corrected chi connectivity index (χ2v) is 4.71. The van der Waals surface area contributed by atoms with Gasteiger partial charge in [0.05, 0.1) is 0 Å². The fourth-order valence-corrected chi connectivity index (χ4v) is 2.62. The van der Waals surface area contributed by atoms with Crippen molar-refractivity contribution in [2.45, 2.75) is 6.42 Å². The van der Waals surface area contributed by atoms with Crippen molar-refractivity contribution in [3.05, 3.63) is 20.7 Å². The first-order chi connectivity index (χ1) is 7.27. The van der Waals surface area contributed by atoms with Crippen LogP contribution in [-0.4, -0.2) is 42.2 Å². The molecular weight excluding hydrogens is 210 g/mol. The van der Waals surface area contributed by atoms with Crippen molar-refractivity contribution in [1.29, 1.82) is 0 Å². The molecule has 1 aromatic heterocycles. The van der Waals surface area contributed by atoms with Gasteiger partial charge in [0.25, 0.3) is 0 Å². The van der Waals surface area contributed by atoms with Crippen LogP contribution in [0.15, 0.2) is 10.2 Å². The zero-order valence-electron chi connectivity index (χ0n) is 9.03. The van der Waals surface area contributed by atoms with Gasteiger partial charge in [0.2, 0.25) is 0 Å². The third-order valence-electron chi connectivity index (χ3n) is 2.89. The predicted molar refractivity (Wildman–Crippen MR) is 62.6 cm³/mol. The summed E-state index contributed by atoms with van der Waals surface area (Å²) in [7, 11) is 1.85. The number of aromatic nitrogens is 1. The normalized spacial score (nSPS) is 18.2. The number of hydrogen-bond donors (Lipinski definition) is 1. The maximum absolute atomic E-state index is 11.2. The zero-order chi connectivity index (χ0) is 10.7. The summed E-state index contributed by atoms with van der Waals surface area (Å²) < 4.78 is 1.76. The van der Waals surface area contributed by atoms with Crippen LogP contribution in [0, 0.1) is 0 Å². The van der Waals surface area contributed by atoms with Crippen molar-refractivity contribution in [1.82, 2.24) is 14.8 Å². The Morgan fingerprint density at radius 3 is 2.80 bits per heavy atom. The van der Waals surface area contributed by atoms with Gasteiger partial charge in [0.1, 0.15) is 0 Å². The van der Waals surface area contributed by atoms with Gasteiger partial charge in [0, 0.05) is 57.3 Å². The second-order valence-electron chi connectivity index (χ2n) is 3.89. The van der Waals surface area contributed by atoms with Crippen LogP contribution in [-0.2, 0) is 13.5 Å². The second kappa shape index (κ2) is 4.92. The molecule has 0 atom stereocenters. The highest BCUT2D eigenvalue weighted by molar-refractivity contribution is 7.07. The van der Waals surface area contributed by atoms with E-state index in [4.69, 9.17) is 0 Å². The van der Waals surface area contributed by atoms with E-state index in [0.717, 1.165) is 44.8 Å². The lowest BCUT2D eigenvalue weighted by Crippen LogP contribution is -2.44. The minimum Gasteiger partial charge on any atom is -0.314 e. The molecule has 4 nitrogen and oxygen atoms in total. The molecule has 1 aromatic rings. The van der Waals surface area contributed by atoms with Gasteiger partial charge in [-0.15, -0.1) is 0 Å². The highest BCUT2D eigenvalue weighted by Gasteiger charge is 2.10. The molecule has 0 saturated carbocycles. The van der Waals surface area contributed by atoms with E-state index in [2.05, 4.69) is 10.2 Å². The first-order valence-electron chi connectivity index (χ1n) is 5.34. The first kappa shape index (κ1) is 10.9. The summed E-state index contributed by atoms with van der Waals surface area (Å²) in [6.07, 6.45) is 0.981. The van der Waals surface area contributed by atoms with E-state index in [-0.39, 0.29) is 4.87 Å². The van der Waals surface area contributed by atoms with Crippen LogP contribution in [0.5, 0.6) is 0 Å². The maximum atomic E-state index is 11.2. The number of hydrogen-bond acceptors (Lipinski definition) is 4. The van der Waals surface area contributed by atoms with Crippen LogP contribution < -0.4 is 10.2 Å². The van der Waals surface area contributed by atoms with Crippen molar-refractivity contribution in [3.63, 3.8) is 0 Å². The SMILES string of the molecule is Cn1c(CCN2CCNCC2)csc1=O. The molecule has 0 unspecified atom stereocenters. The highest BCUT2D eigenvalue weighted by Crippen LogP contribution is 2.03. The maximum Gasteiger partial charge on any atom is 0.307 e. The van der Waals surface area contributed by atoms with Gasteiger partial charge in [0.15, 0.2) is 0 Å². The topological polar surface area (TPSA) is 37.3 Å². The van der Waals surface area contributed by atoms with E-state index in [1.807, 2.05) is 12.4 Å². The molecule has 0 aromatic carbocycles. The van der Waals surface area contributed by atoms with Crippen LogP contribution in [0.25, 0.3) is 0 Å². The van der Waals surface area contributed by atoms with E-state index >= 15 is 0 Å². The molecule has 15 heavy (non-hydrogen) atoms. The number of rotatable bonds is 3. The lowest BCUT2D eigenvalue weighted by atomic mass is 10.3. The molecular formula is C10H17N3OS. The Hall–Kier alpha value is -0.650. The van der Waals surface area contributed by atoms with Gasteiger partial charge in [-0.05, 0) is 0 Å². The van der Waals surface area contributed by atoms with Crippen molar-refractivity contribution in [3.8, 4) is 0 Å². The molecule has 5 heteroatoms. The molecule has 1 N–H and O–H groups in total. The fraction of sp³-hybridized carbons (Fsp3) is 0.700. The third kappa shape index (κ3) is 2.68. The molecule has 2 heterocycles. The molecule has 1 aliphatic heterocycles. The van der Waals surface area contributed by atoms with Gasteiger partial charge < -0.3 is 14.8 Å². The largest absolute Gasteiger partial charge is 0.314 e. The van der Waals surface area contributed by atoms with Gasteiger partial charge >= 0.3 is 4.87 Å². The van der Waals surface area contributed by atoms with Crippen LogP contribution in [0.4, 0.5) is 0 Å². The van der Waals surface area contributed by atoms with Gasteiger partial charge in [-0.1, -0.05) is 11.3 Å². The summed E-state index contributed by atoms with van der Waals surface area (Å²) in [4.78, 5) is 13.8. The van der Waals surface area contributed by atoms with E-state index < -0.39 is 0 Å². The minimum atomic E-state index is 0.144. The summed E-state index contributed by atoms with van der Waals surface area (Å²) >= 11 is 1.29. The molecule has 1 aliphatic rings. The molecule has 1 saturated heterocycles. The van der Waals surface area contributed by atoms with E-state index in [1.54, 1.807) is 4.57 Å². The standard InChI is InChI=1S/C10H17N3OS/c1-12-9(8-15-10(12)14)2-5-13-6-3-11-4-7-13/h8,11H,2-7H2,1H3. The number of nitrogens with zero attached hydrogens (tertiary/aromatic N) is 2. The molecule has 84 valence electrons. The molecule has 2 rings (SSSR count). The molecule has 1 fully saturated rings. The van der Waals surface area contributed by atoms with Crippen molar-refractivity contribution in [2.75, 3.05) is 32.7 Å². The first-order valence-corrected chi connectivity index (χ1v) is 6.22. The summed E-state index contributed by atoms with van der Waals surface area (Å²) in [5, 5.41) is 5.31. The van der Waals surface area contributed by atoms with Crippen LogP contribution in [0.3, 0.4) is 0 Å². The van der Waals surface area contributed by atoms with Crippen LogP contribution >= 0.6 is 11.3 Å². The summed E-state index contributed by atoms with van der Waals surface area (Å²) in [6.45, 7) is 5.48. The van der Waals surface area contributed by atoms with E-state index in [0.29, 0.717) is 0 Å². The van der Waals surface area contributed by atoms with Gasteiger partial charge in [-0.25, -0.2) is 0 Å². The minimum absolute atomic E-state index is 0.144. The van der Waals surface area contributed by atoms with Gasteiger partial charge in [-0.3, -0.25) is 4.79 Å². The van der Waals surface area contributed by atoms with Crippen molar-refractivity contribution >= 4 is 11.3 Å². The van der Waals surface area contributed by atoms with Crippen LogP contribution in [0.1, 0.15) is 5.69 Å². The molecule has 0 bridgehead atoms. The molecule has 0 radical (unpaired) electrons. The molecule has 0 aliphatic carbocycles. The quantitative estimate of drug-likeness (QED) is 0.783. The third-order valence-corrected chi connectivity index (χ3v) is 3.76.